The number of rotatable bonds is 5. The molecule has 6 heteroatoms. The Labute approximate surface area is 106 Å². The van der Waals surface area contributed by atoms with E-state index in [1.165, 1.54) is 0 Å². The first-order valence-electron chi connectivity index (χ1n) is 5.69. The van der Waals surface area contributed by atoms with E-state index in [9.17, 15) is 0 Å². The first-order valence-corrected chi connectivity index (χ1v) is 5.69. The van der Waals surface area contributed by atoms with Crippen molar-refractivity contribution in [1.82, 2.24) is 14.9 Å². The Kier molecular flexibility index (Phi) is 3.91. The lowest BCUT2D eigenvalue weighted by atomic mass is 10.3. The zero-order chi connectivity index (χ0) is 13.0. The van der Waals surface area contributed by atoms with Crippen molar-refractivity contribution in [2.75, 3.05) is 12.5 Å². The average molecular weight is 247 g/mol. The van der Waals surface area contributed by atoms with Crippen molar-refractivity contribution >= 4 is 5.82 Å². The quantitative estimate of drug-likeness (QED) is 0.612. The zero-order valence-corrected chi connectivity index (χ0v) is 10.6. The number of nitrogens with zero attached hydrogens (tertiary/aromatic N) is 3. The van der Waals surface area contributed by atoms with Gasteiger partial charge in [0, 0.05) is 6.54 Å². The van der Waals surface area contributed by atoms with Crippen LogP contribution in [0.3, 0.4) is 0 Å². The van der Waals surface area contributed by atoms with Crippen LogP contribution >= 0.6 is 0 Å². The van der Waals surface area contributed by atoms with Crippen LogP contribution in [0.15, 0.2) is 28.9 Å². The fourth-order valence-corrected chi connectivity index (χ4v) is 1.68. The lowest BCUT2D eigenvalue weighted by molar-refractivity contribution is 0.282. The smallest absolute Gasteiger partial charge is 0.158 e. The lowest BCUT2D eigenvalue weighted by Gasteiger charge is -2.14. The van der Waals surface area contributed by atoms with Crippen molar-refractivity contribution in [1.29, 1.82) is 0 Å². The molecule has 0 unspecified atom stereocenters. The van der Waals surface area contributed by atoms with Crippen LogP contribution in [0.5, 0.6) is 0 Å². The molecule has 0 aliphatic heterocycles. The van der Waals surface area contributed by atoms with Crippen molar-refractivity contribution in [3.05, 3.63) is 41.7 Å². The molecule has 0 aliphatic carbocycles. The van der Waals surface area contributed by atoms with E-state index in [-0.39, 0.29) is 0 Å². The van der Waals surface area contributed by atoms with E-state index in [4.69, 9.17) is 10.3 Å². The number of anilines is 1. The van der Waals surface area contributed by atoms with Gasteiger partial charge in [0.05, 0.1) is 24.6 Å². The summed E-state index contributed by atoms with van der Waals surface area (Å²) in [4.78, 5) is 10.5. The number of nitrogens with one attached hydrogen (secondary N) is 1. The summed E-state index contributed by atoms with van der Waals surface area (Å²) in [6.07, 6.45) is 3.32. The maximum Gasteiger partial charge on any atom is 0.158 e. The normalized spacial score (nSPS) is 10.9. The van der Waals surface area contributed by atoms with E-state index in [1.807, 2.05) is 26.1 Å². The Balaban J connectivity index is 1.91. The van der Waals surface area contributed by atoms with Crippen LogP contribution < -0.4 is 11.3 Å². The minimum absolute atomic E-state index is 0.558. The summed E-state index contributed by atoms with van der Waals surface area (Å²) in [5, 5.41) is 0. The van der Waals surface area contributed by atoms with E-state index in [0.29, 0.717) is 12.4 Å². The molecule has 6 nitrogen and oxygen atoms in total. The van der Waals surface area contributed by atoms with E-state index >= 15 is 0 Å². The maximum atomic E-state index is 5.52. The third-order valence-corrected chi connectivity index (χ3v) is 2.51. The molecular formula is C12H17N5O. The van der Waals surface area contributed by atoms with Crippen LogP contribution in [-0.2, 0) is 13.1 Å². The van der Waals surface area contributed by atoms with Crippen LogP contribution in [-0.4, -0.2) is 21.9 Å². The second-order valence-electron chi connectivity index (χ2n) is 4.22. The van der Waals surface area contributed by atoms with Gasteiger partial charge >= 0.3 is 0 Å². The summed E-state index contributed by atoms with van der Waals surface area (Å²) in [6.45, 7) is 3.39. The van der Waals surface area contributed by atoms with Crippen LogP contribution in [0, 0.1) is 6.92 Å². The molecule has 2 heterocycles. The molecule has 96 valence electrons. The standard InChI is InChI=1S/C12H17N5O/c1-9-3-4-11(18-9)8-17(2)7-10-5-15-12(16-13)6-14-10/h3-6H,7-8,13H2,1-2H3,(H,15,16). The molecule has 0 amide bonds. The molecule has 2 aromatic heterocycles. The first kappa shape index (κ1) is 12.5. The number of nitrogens with two attached hydrogens (primary N) is 1. The molecular weight excluding hydrogens is 230 g/mol. The fraction of sp³-hybridized carbons (Fsp3) is 0.333. The molecule has 0 bridgehead atoms. The topological polar surface area (TPSA) is 80.2 Å². The Morgan fingerprint density at radius 2 is 2.11 bits per heavy atom. The van der Waals surface area contributed by atoms with Crippen molar-refractivity contribution < 1.29 is 4.42 Å². The molecule has 0 spiro atoms. The number of hydrogen-bond acceptors (Lipinski definition) is 6. The number of aromatic nitrogens is 2. The van der Waals surface area contributed by atoms with Gasteiger partial charge in [0.2, 0.25) is 0 Å². The second-order valence-corrected chi connectivity index (χ2v) is 4.22. The van der Waals surface area contributed by atoms with Gasteiger partial charge in [-0.2, -0.15) is 0 Å². The molecule has 0 aliphatic rings. The van der Waals surface area contributed by atoms with Crippen LogP contribution in [0.1, 0.15) is 17.2 Å². The minimum Gasteiger partial charge on any atom is -0.465 e. The summed E-state index contributed by atoms with van der Waals surface area (Å²) in [6, 6.07) is 3.95. The number of aryl methyl sites for hydroxylation is 1. The van der Waals surface area contributed by atoms with Gasteiger partial charge in [-0.15, -0.1) is 0 Å². The van der Waals surface area contributed by atoms with Gasteiger partial charge in [0.15, 0.2) is 5.82 Å². The molecule has 2 aromatic rings. The molecule has 3 N–H and O–H groups in total. The fourth-order valence-electron chi connectivity index (χ4n) is 1.68. The maximum absolute atomic E-state index is 5.52. The number of hydrogen-bond donors (Lipinski definition) is 2. The van der Waals surface area contributed by atoms with Crippen LogP contribution in [0.4, 0.5) is 5.82 Å². The molecule has 0 atom stereocenters. The highest BCUT2D eigenvalue weighted by Gasteiger charge is 2.06. The summed E-state index contributed by atoms with van der Waals surface area (Å²) in [5.41, 5.74) is 3.34. The molecule has 2 rings (SSSR count). The predicted octanol–water partition coefficient (Wildman–Crippen LogP) is 1.30. The highest BCUT2D eigenvalue weighted by atomic mass is 16.3. The van der Waals surface area contributed by atoms with Crippen molar-refractivity contribution in [3.63, 3.8) is 0 Å². The van der Waals surface area contributed by atoms with Gasteiger partial charge in [0.1, 0.15) is 11.5 Å². The van der Waals surface area contributed by atoms with Crippen molar-refractivity contribution in [2.24, 2.45) is 5.84 Å². The molecule has 0 radical (unpaired) electrons. The Bertz CT molecular complexity index is 493. The predicted molar refractivity (Wildman–Crippen MR) is 68.5 cm³/mol. The molecule has 18 heavy (non-hydrogen) atoms. The molecule has 0 saturated heterocycles. The Morgan fingerprint density at radius 1 is 1.28 bits per heavy atom. The lowest BCUT2D eigenvalue weighted by Crippen LogP contribution is -2.18. The number of nitrogen functional groups attached to an aromatic ring is 1. The second kappa shape index (κ2) is 5.61. The van der Waals surface area contributed by atoms with Gasteiger partial charge in [-0.05, 0) is 26.1 Å². The zero-order valence-electron chi connectivity index (χ0n) is 10.6. The molecule has 0 saturated carbocycles. The average Bonchev–Trinajstić information content (AvgIpc) is 2.75. The van der Waals surface area contributed by atoms with Crippen LogP contribution in [0.2, 0.25) is 0 Å². The SMILES string of the molecule is Cc1ccc(CN(C)Cc2cnc(NN)cn2)o1. The monoisotopic (exact) mass is 247 g/mol. The Morgan fingerprint density at radius 3 is 2.67 bits per heavy atom. The van der Waals surface area contributed by atoms with Crippen molar-refractivity contribution in [2.45, 2.75) is 20.0 Å². The van der Waals surface area contributed by atoms with E-state index in [0.717, 1.165) is 23.8 Å². The highest BCUT2D eigenvalue weighted by Crippen LogP contribution is 2.10. The largest absolute Gasteiger partial charge is 0.465 e. The third-order valence-electron chi connectivity index (χ3n) is 2.51. The summed E-state index contributed by atoms with van der Waals surface area (Å²) >= 11 is 0. The van der Waals surface area contributed by atoms with Gasteiger partial charge < -0.3 is 9.84 Å². The minimum atomic E-state index is 0.558. The summed E-state index contributed by atoms with van der Waals surface area (Å²) in [7, 11) is 2.01. The highest BCUT2D eigenvalue weighted by molar-refractivity contribution is 5.28. The first-order chi connectivity index (χ1) is 8.67. The Hall–Kier alpha value is -1.92. The summed E-state index contributed by atoms with van der Waals surface area (Å²) < 4.78 is 5.52. The van der Waals surface area contributed by atoms with E-state index in [1.54, 1.807) is 12.4 Å². The molecule has 0 fully saturated rings. The molecule has 0 aromatic carbocycles. The van der Waals surface area contributed by atoms with Gasteiger partial charge in [-0.25, -0.2) is 10.8 Å². The van der Waals surface area contributed by atoms with E-state index in [2.05, 4.69) is 20.3 Å². The summed E-state index contributed by atoms with van der Waals surface area (Å²) in [5.74, 6) is 7.66. The van der Waals surface area contributed by atoms with Gasteiger partial charge in [-0.1, -0.05) is 0 Å². The third kappa shape index (κ3) is 3.28. The number of hydrazine groups is 1. The number of furan rings is 1. The van der Waals surface area contributed by atoms with Crippen LogP contribution in [0.25, 0.3) is 0 Å². The van der Waals surface area contributed by atoms with E-state index < -0.39 is 0 Å². The van der Waals surface area contributed by atoms with Gasteiger partial charge in [-0.3, -0.25) is 9.88 Å². The van der Waals surface area contributed by atoms with Gasteiger partial charge in [0.25, 0.3) is 0 Å². The van der Waals surface area contributed by atoms with Crippen molar-refractivity contribution in [3.8, 4) is 0 Å².